The van der Waals surface area contributed by atoms with Crippen molar-refractivity contribution in [3.05, 3.63) is 30.3 Å². The Balaban J connectivity index is 1.61. The molecule has 19 heavy (non-hydrogen) atoms. The first-order valence-electron chi connectivity index (χ1n) is 6.23. The first-order valence-corrected chi connectivity index (χ1v) is 7.21. The van der Waals surface area contributed by atoms with Crippen LogP contribution in [-0.2, 0) is 4.79 Å². The van der Waals surface area contributed by atoms with E-state index in [2.05, 4.69) is 10.6 Å². The smallest absolute Gasteiger partial charge is 0.317 e. The number of benzene rings is 1. The lowest BCUT2D eigenvalue weighted by Gasteiger charge is -2.14. The Bertz CT molecular complexity index is 439. The summed E-state index contributed by atoms with van der Waals surface area (Å²) < 4.78 is 0. The predicted molar refractivity (Wildman–Crippen MR) is 75.1 cm³/mol. The Morgan fingerprint density at radius 2 is 2.16 bits per heavy atom. The normalized spacial score (nSPS) is 14.3. The molecule has 0 atom stereocenters. The van der Waals surface area contributed by atoms with Crippen LogP contribution >= 0.6 is 11.8 Å². The van der Waals surface area contributed by atoms with Crippen molar-refractivity contribution in [2.45, 2.75) is 4.90 Å². The summed E-state index contributed by atoms with van der Waals surface area (Å²) in [7, 11) is 0. The molecule has 0 aromatic heterocycles. The van der Waals surface area contributed by atoms with Crippen molar-refractivity contribution in [3.8, 4) is 0 Å². The fourth-order valence-electron chi connectivity index (χ4n) is 1.77. The molecule has 0 bridgehead atoms. The van der Waals surface area contributed by atoms with Crippen LogP contribution in [0.4, 0.5) is 4.79 Å². The number of urea groups is 1. The molecule has 5 nitrogen and oxygen atoms in total. The zero-order valence-corrected chi connectivity index (χ0v) is 11.4. The monoisotopic (exact) mass is 279 g/mol. The second-order valence-corrected chi connectivity index (χ2v) is 5.22. The van der Waals surface area contributed by atoms with Crippen molar-refractivity contribution in [3.63, 3.8) is 0 Å². The maximum absolute atomic E-state index is 11.6. The third kappa shape index (κ3) is 4.48. The molecule has 1 saturated heterocycles. The van der Waals surface area contributed by atoms with Crippen LogP contribution in [0.5, 0.6) is 0 Å². The number of rotatable bonds is 6. The summed E-state index contributed by atoms with van der Waals surface area (Å²) in [5, 5.41) is 5.54. The van der Waals surface area contributed by atoms with E-state index in [1.807, 2.05) is 30.3 Å². The number of thioether (sulfide) groups is 1. The average Bonchev–Trinajstić information content (AvgIpc) is 2.83. The third-order valence-electron chi connectivity index (χ3n) is 2.76. The van der Waals surface area contributed by atoms with Gasteiger partial charge >= 0.3 is 6.03 Å². The van der Waals surface area contributed by atoms with E-state index in [1.165, 1.54) is 11.8 Å². The zero-order chi connectivity index (χ0) is 13.5. The first kappa shape index (κ1) is 13.7. The van der Waals surface area contributed by atoms with E-state index in [1.54, 1.807) is 4.90 Å². The fraction of sp³-hybridized carbons (Fsp3) is 0.385. The van der Waals surface area contributed by atoms with E-state index in [9.17, 15) is 9.59 Å². The first-order chi connectivity index (χ1) is 9.25. The Kier molecular flexibility index (Phi) is 5.09. The van der Waals surface area contributed by atoms with Gasteiger partial charge in [0.15, 0.2) is 0 Å². The molecule has 1 aromatic carbocycles. The molecule has 3 amide bonds. The highest BCUT2D eigenvalue weighted by atomic mass is 32.2. The molecule has 0 unspecified atom stereocenters. The van der Waals surface area contributed by atoms with Crippen LogP contribution in [0.25, 0.3) is 0 Å². The number of carbonyl (C=O) groups excluding carboxylic acids is 2. The molecule has 2 rings (SSSR count). The Morgan fingerprint density at radius 3 is 2.84 bits per heavy atom. The van der Waals surface area contributed by atoms with E-state index < -0.39 is 0 Å². The van der Waals surface area contributed by atoms with Crippen molar-refractivity contribution in [2.24, 2.45) is 0 Å². The van der Waals surface area contributed by atoms with Crippen molar-refractivity contribution in [1.82, 2.24) is 15.5 Å². The van der Waals surface area contributed by atoms with Crippen molar-refractivity contribution in [1.29, 1.82) is 0 Å². The molecule has 1 aliphatic rings. The highest BCUT2D eigenvalue weighted by Crippen LogP contribution is 2.15. The van der Waals surface area contributed by atoms with Gasteiger partial charge in [0.2, 0.25) is 5.91 Å². The predicted octanol–water partition coefficient (Wildman–Crippen LogP) is 0.920. The van der Waals surface area contributed by atoms with Crippen LogP contribution in [-0.4, -0.2) is 48.8 Å². The van der Waals surface area contributed by atoms with Gasteiger partial charge in [-0.1, -0.05) is 18.2 Å². The molecule has 1 heterocycles. The molecule has 102 valence electrons. The largest absolute Gasteiger partial charge is 0.354 e. The highest BCUT2D eigenvalue weighted by molar-refractivity contribution is 8.00. The molecule has 0 spiro atoms. The molecule has 6 heteroatoms. The van der Waals surface area contributed by atoms with E-state index >= 15 is 0 Å². The quantitative estimate of drug-likeness (QED) is 0.761. The molecule has 2 N–H and O–H groups in total. The second-order valence-electron chi connectivity index (χ2n) is 4.17. The van der Waals surface area contributed by atoms with Crippen molar-refractivity contribution >= 4 is 23.7 Å². The summed E-state index contributed by atoms with van der Waals surface area (Å²) in [6.07, 6.45) is 0. The molecule has 1 aliphatic heterocycles. The minimum Gasteiger partial charge on any atom is -0.354 e. The Morgan fingerprint density at radius 1 is 1.37 bits per heavy atom. The van der Waals surface area contributed by atoms with Gasteiger partial charge in [0.1, 0.15) is 0 Å². The van der Waals surface area contributed by atoms with Crippen LogP contribution in [0.2, 0.25) is 0 Å². The molecule has 0 radical (unpaired) electrons. The SMILES string of the molecule is O=C(CSc1ccccc1)NCCN1CCNC1=O. The maximum atomic E-state index is 11.6. The van der Waals surface area contributed by atoms with E-state index in [4.69, 9.17) is 0 Å². The summed E-state index contributed by atoms with van der Waals surface area (Å²) in [6.45, 7) is 2.47. The summed E-state index contributed by atoms with van der Waals surface area (Å²) in [5.74, 6) is 0.393. The van der Waals surface area contributed by atoms with Gasteiger partial charge in [-0.05, 0) is 12.1 Å². The summed E-state index contributed by atoms with van der Waals surface area (Å²) in [4.78, 5) is 25.7. The van der Waals surface area contributed by atoms with Crippen molar-refractivity contribution in [2.75, 3.05) is 31.9 Å². The lowest BCUT2D eigenvalue weighted by Crippen LogP contribution is -2.37. The van der Waals surface area contributed by atoms with Crippen LogP contribution < -0.4 is 10.6 Å². The topological polar surface area (TPSA) is 61.4 Å². The number of hydrogen-bond donors (Lipinski definition) is 2. The standard InChI is InChI=1S/C13H17N3O2S/c17-12(10-19-11-4-2-1-3-5-11)14-6-8-16-9-7-15-13(16)18/h1-5H,6-10H2,(H,14,17)(H,15,18). The minimum absolute atomic E-state index is 0.00606. The molecular weight excluding hydrogens is 262 g/mol. The van der Waals surface area contributed by atoms with Crippen LogP contribution in [0.15, 0.2) is 35.2 Å². The summed E-state index contributed by atoms with van der Waals surface area (Å²) in [6, 6.07) is 9.76. The molecule has 1 fully saturated rings. The second kappa shape index (κ2) is 7.04. The number of amides is 3. The van der Waals surface area contributed by atoms with Gasteiger partial charge in [0.25, 0.3) is 0 Å². The van der Waals surface area contributed by atoms with Crippen molar-refractivity contribution < 1.29 is 9.59 Å². The highest BCUT2D eigenvalue weighted by Gasteiger charge is 2.18. The van der Waals surface area contributed by atoms with Gasteiger partial charge in [-0.15, -0.1) is 11.8 Å². The van der Waals surface area contributed by atoms with E-state index in [0.29, 0.717) is 31.9 Å². The minimum atomic E-state index is -0.0482. The number of hydrogen-bond acceptors (Lipinski definition) is 3. The Labute approximate surface area is 116 Å². The van der Waals surface area contributed by atoms with E-state index in [0.717, 1.165) is 4.90 Å². The third-order valence-corrected chi connectivity index (χ3v) is 3.77. The van der Waals surface area contributed by atoms with Gasteiger partial charge < -0.3 is 15.5 Å². The van der Waals surface area contributed by atoms with Crippen LogP contribution in [0, 0.1) is 0 Å². The van der Waals surface area contributed by atoms with Gasteiger partial charge in [0, 0.05) is 31.1 Å². The van der Waals surface area contributed by atoms with Gasteiger partial charge in [0.05, 0.1) is 5.75 Å². The van der Waals surface area contributed by atoms with Gasteiger partial charge in [-0.3, -0.25) is 4.79 Å². The van der Waals surface area contributed by atoms with Gasteiger partial charge in [-0.2, -0.15) is 0 Å². The summed E-state index contributed by atoms with van der Waals surface area (Å²) in [5.41, 5.74) is 0. The lowest BCUT2D eigenvalue weighted by molar-refractivity contribution is -0.118. The Hall–Kier alpha value is -1.69. The molecule has 0 aliphatic carbocycles. The average molecular weight is 279 g/mol. The van der Waals surface area contributed by atoms with Crippen LogP contribution in [0.1, 0.15) is 0 Å². The van der Waals surface area contributed by atoms with Crippen LogP contribution in [0.3, 0.4) is 0 Å². The van der Waals surface area contributed by atoms with Gasteiger partial charge in [-0.25, -0.2) is 4.79 Å². The summed E-state index contributed by atoms with van der Waals surface area (Å²) >= 11 is 1.51. The zero-order valence-electron chi connectivity index (χ0n) is 10.6. The number of carbonyl (C=O) groups is 2. The molecular formula is C13H17N3O2S. The fourth-order valence-corrected chi connectivity index (χ4v) is 2.52. The lowest BCUT2D eigenvalue weighted by atomic mass is 10.4. The number of nitrogens with zero attached hydrogens (tertiary/aromatic N) is 1. The number of nitrogens with one attached hydrogen (secondary N) is 2. The molecule has 1 aromatic rings. The van der Waals surface area contributed by atoms with E-state index in [-0.39, 0.29) is 11.9 Å². The molecule has 0 saturated carbocycles. The maximum Gasteiger partial charge on any atom is 0.317 e.